The van der Waals surface area contributed by atoms with Gasteiger partial charge in [-0.1, -0.05) is 5.21 Å². The zero-order valence-corrected chi connectivity index (χ0v) is 17.9. The molecule has 2 rings (SSSR count). The molecule has 1 aromatic rings. The smallest absolute Gasteiger partial charge is 0.444 e. The zero-order valence-electron chi connectivity index (χ0n) is 17.9. The molecule has 1 saturated heterocycles. The Bertz CT molecular complexity index is 726. The molecule has 156 valence electrons. The fourth-order valence-electron chi connectivity index (χ4n) is 2.47. The molecular weight excluding hydrogens is 366 g/mol. The third-order valence-electron chi connectivity index (χ3n) is 4.54. The number of aromatic nitrogens is 3. The van der Waals surface area contributed by atoms with Gasteiger partial charge in [-0.25, -0.2) is 13.9 Å². The molecule has 1 aliphatic rings. The highest BCUT2D eigenvalue weighted by molar-refractivity contribution is 6.54. The van der Waals surface area contributed by atoms with E-state index in [4.69, 9.17) is 14.0 Å². The van der Waals surface area contributed by atoms with Crippen molar-refractivity contribution in [3.05, 3.63) is 17.6 Å². The number of nitrogens with one attached hydrogen (secondary N) is 1. The van der Waals surface area contributed by atoms with Crippen LogP contribution in [0, 0.1) is 0 Å². The summed E-state index contributed by atoms with van der Waals surface area (Å²) in [5.41, 5.74) is -2.06. The van der Waals surface area contributed by atoms with E-state index in [1.807, 2.05) is 34.6 Å². The van der Waals surface area contributed by atoms with Gasteiger partial charge in [0.25, 0.3) is 0 Å². The van der Waals surface area contributed by atoms with Crippen molar-refractivity contribution in [1.82, 2.24) is 20.3 Å². The molecule has 0 bridgehead atoms. The Hall–Kier alpha value is -1.94. The molecule has 2 heterocycles. The van der Waals surface area contributed by atoms with Crippen molar-refractivity contribution in [1.29, 1.82) is 0 Å². The van der Waals surface area contributed by atoms with Crippen LogP contribution in [-0.2, 0) is 20.6 Å². The molecular formula is C18H30BFN4O4. The molecule has 0 aliphatic carbocycles. The summed E-state index contributed by atoms with van der Waals surface area (Å²) in [5, 5.41) is 10.6. The van der Waals surface area contributed by atoms with Crippen molar-refractivity contribution in [2.75, 3.05) is 0 Å². The number of carbonyl (C=O) groups excluding carboxylic acids is 1. The lowest BCUT2D eigenvalue weighted by Gasteiger charge is -2.32. The van der Waals surface area contributed by atoms with Gasteiger partial charge in [-0.15, -0.1) is 5.10 Å². The standard InChI is InChI=1S/C18H30BFN4O4/c1-12(21-15(25)26-16(2,3)4)10-24-11-13(22-23-24)9-14(20)19-27-17(5,6)18(7,8)28-19/h9,11-12H,10H2,1-8H3,(H,21,25). The molecule has 1 N–H and O–H groups in total. The molecule has 8 nitrogen and oxygen atoms in total. The van der Waals surface area contributed by atoms with E-state index in [-0.39, 0.29) is 6.04 Å². The van der Waals surface area contributed by atoms with Gasteiger partial charge in [0.1, 0.15) is 17.0 Å². The highest BCUT2D eigenvalue weighted by atomic mass is 19.1. The van der Waals surface area contributed by atoms with Gasteiger partial charge < -0.3 is 19.4 Å². The third-order valence-corrected chi connectivity index (χ3v) is 4.54. The summed E-state index contributed by atoms with van der Waals surface area (Å²) in [7, 11) is -1.08. The van der Waals surface area contributed by atoms with Gasteiger partial charge in [-0.3, -0.25) is 0 Å². The maximum atomic E-state index is 14.5. The summed E-state index contributed by atoms with van der Waals surface area (Å²) in [4.78, 5) is 11.8. The number of hydrogen-bond acceptors (Lipinski definition) is 6. The highest BCUT2D eigenvalue weighted by Crippen LogP contribution is 2.38. The van der Waals surface area contributed by atoms with Crippen LogP contribution in [0.5, 0.6) is 0 Å². The van der Waals surface area contributed by atoms with E-state index in [1.165, 1.54) is 10.8 Å². The van der Waals surface area contributed by atoms with Crippen LogP contribution in [0.4, 0.5) is 9.18 Å². The Balaban J connectivity index is 1.95. The van der Waals surface area contributed by atoms with E-state index in [1.54, 1.807) is 27.0 Å². The molecule has 1 amide bonds. The molecule has 0 radical (unpaired) electrons. The molecule has 0 aromatic carbocycles. The molecule has 0 saturated carbocycles. The Kier molecular flexibility index (Phi) is 6.25. The molecule has 10 heteroatoms. The molecule has 1 fully saturated rings. The van der Waals surface area contributed by atoms with Gasteiger partial charge in [-0.05, 0) is 61.5 Å². The average molecular weight is 396 g/mol. The second kappa shape index (κ2) is 7.83. The minimum absolute atomic E-state index is 0.249. The van der Waals surface area contributed by atoms with Crippen molar-refractivity contribution < 1.29 is 23.2 Å². The van der Waals surface area contributed by atoms with Crippen LogP contribution in [0.1, 0.15) is 61.1 Å². The van der Waals surface area contributed by atoms with Crippen molar-refractivity contribution in [3.8, 4) is 0 Å². The maximum absolute atomic E-state index is 14.5. The monoisotopic (exact) mass is 396 g/mol. The largest absolute Gasteiger partial charge is 0.525 e. The minimum atomic E-state index is -1.08. The molecule has 28 heavy (non-hydrogen) atoms. The summed E-state index contributed by atoms with van der Waals surface area (Å²) in [5.74, 6) is 0. The van der Waals surface area contributed by atoms with Gasteiger partial charge in [0, 0.05) is 6.04 Å². The zero-order chi connectivity index (χ0) is 21.3. The predicted octanol–water partition coefficient (Wildman–Crippen LogP) is 3.13. The van der Waals surface area contributed by atoms with E-state index in [0.29, 0.717) is 12.2 Å². The lowest BCUT2D eigenvalue weighted by Crippen LogP contribution is -2.41. The van der Waals surface area contributed by atoms with Gasteiger partial charge in [0.2, 0.25) is 0 Å². The van der Waals surface area contributed by atoms with Crippen LogP contribution >= 0.6 is 0 Å². The number of alkyl carbamates (subject to hydrolysis) is 1. The van der Waals surface area contributed by atoms with E-state index in [2.05, 4.69) is 15.6 Å². The summed E-state index contributed by atoms with van der Waals surface area (Å²) in [6, 6.07) is -0.249. The molecule has 0 spiro atoms. The lowest BCUT2D eigenvalue weighted by atomic mass is 9.87. The highest BCUT2D eigenvalue weighted by Gasteiger charge is 2.53. The SMILES string of the molecule is CC(Cn1cc(C=C(F)B2OC(C)(C)C(C)(C)O2)nn1)NC(=O)OC(C)(C)C. The van der Waals surface area contributed by atoms with Crippen LogP contribution in [0.25, 0.3) is 6.08 Å². The predicted molar refractivity (Wildman–Crippen MR) is 104 cm³/mol. The number of nitrogens with zero attached hydrogens (tertiary/aromatic N) is 3. The van der Waals surface area contributed by atoms with Crippen molar-refractivity contribution in [3.63, 3.8) is 0 Å². The van der Waals surface area contributed by atoms with Crippen molar-refractivity contribution >= 4 is 19.3 Å². The van der Waals surface area contributed by atoms with Crippen LogP contribution in [0.15, 0.2) is 11.9 Å². The van der Waals surface area contributed by atoms with E-state index in [9.17, 15) is 9.18 Å². The normalized spacial score (nSPS) is 20.2. The second-order valence-corrected chi connectivity index (χ2v) is 9.03. The minimum Gasteiger partial charge on any atom is -0.444 e. The van der Waals surface area contributed by atoms with Gasteiger partial charge in [0.15, 0.2) is 0 Å². The van der Waals surface area contributed by atoms with E-state index < -0.39 is 35.7 Å². The number of amides is 1. The Morgan fingerprint density at radius 1 is 1.36 bits per heavy atom. The van der Waals surface area contributed by atoms with Crippen LogP contribution in [-0.4, -0.2) is 51.1 Å². The summed E-state index contributed by atoms with van der Waals surface area (Å²) in [6.45, 7) is 15.0. The topological polar surface area (TPSA) is 87.5 Å². The average Bonchev–Trinajstić information content (AvgIpc) is 2.98. The van der Waals surface area contributed by atoms with Crippen LogP contribution in [0.2, 0.25) is 0 Å². The van der Waals surface area contributed by atoms with E-state index in [0.717, 1.165) is 0 Å². The first-order chi connectivity index (χ1) is 12.7. The van der Waals surface area contributed by atoms with Crippen LogP contribution < -0.4 is 5.32 Å². The number of ether oxygens (including phenoxy) is 1. The molecule has 1 aliphatic heterocycles. The van der Waals surface area contributed by atoms with Crippen molar-refractivity contribution in [2.24, 2.45) is 0 Å². The first-order valence-corrected chi connectivity index (χ1v) is 9.31. The summed E-state index contributed by atoms with van der Waals surface area (Å²) in [6.07, 6.45) is 2.31. The third kappa shape index (κ3) is 5.78. The Labute approximate surface area is 165 Å². The van der Waals surface area contributed by atoms with Gasteiger partial charge >= 0.3 is 13.2 Å². The van der Waals surface area contributed by atoms with E-state index >= 15 is 0 Å². The van der Waals surface area contributed by atoms with Gasteiger partial charge in [-0.2, -0.15) is 0 Å². The Morgan fingerprint density at radius 2 is 1.93 bits per heavy atom. The fourth-order valence-corrected chi connectivity index (χ4v) is 2.47. The molecule has 1 atom stereocenters. The van der Waals surface area contributed by atoms with Crippen molar-refractivity contribution in [2.45, 2.75) is 84.8 Å². The first-order valence-electron chi connectivity index (χ1n) is 9.31. The lowest BCUT2D eigenvalue weighted by molar-refractivity contribution is 0.00578. The number of carbonyl (C=O) groups is 1. The fraction of sp³-hybridized carbons (Fsp3) is 0.722. The number of hydrogen-bond donors (Lipinski definition) is 1. The first kappa shape index (κ1) is 22.4. The summed E-state index contributed by atoms with van der Waals surface area (Å²) >= 11 is 0. The number of halogens is 1. The Morgan fingerprint density at radius 3 is 2.46 bits per heavy atom. The summed E-state index contributed by atoms with van der Waals surface area (Å²) < 4.78 is 32.6. The van der Waals surface area contributed by atoms with Gasteiger partial charge in [0.05, 0.1) is 23.9 Å². The quantitative estimate of drug-likeness (QED) is 0.770. The number of rotatable bonds is 5. The second-order valence-electron chi connectivity index (χ2n) is 9.03. The van der Waals surface area contributed by atoms with Crippen LogP contribution in [0.3, 0.4) is 0 Å². The maximum Gasteiger partial charge on any atom is 0.525 e. The molecule has 1 unspecified atom stereocenters. The molecule has 1 aromatic heterocycles.